The van der Waals surface area contributed by atoms with E-state index in [0.29, 0.717) is 4.47 Å². The number of benzene rings is 2. The summed E-state index contributed by atoms with van der Waals surface area (Å²) in [5.74, 6) is -1.21. The lowest BCUT2D eigenvalue weighted by Crippen LogP contribution is -1.87. The zero-order valence-electron chi connectivity index (χ0n) is 8.05. The molecule has 0 spiro atoms. The van der Waals surface area contributed by atoms with Crippen molar-refractivity contribution in [2.24, 2.45) is 0 Å². The van der Waals surface area contributed by atoms with E-state index in [2.05, 4.69) is 15.9 Å². The molecule has 1 N–H and O–H groups in total. The molecule has 2 aromatic rings. The smallest absolute Gasteiger partial charge is 0.131 e. The van der Waals surface area contributed by atoms with Gasteiger partial charge in [0, 0.05) is 15.6 Å². The van der Waals surface area contributed by atoms with Crippen molar-refractivity contribution >= 4 is 15.9 Å². The van der Waals surface area contributed by atoms with Crippen LogP contribution in [0, 0.1) is 11.6 Å². The third-order valence-electron chi connectivity index (χ3n) is 2.18. The lowest BCUT2D eigenvalue weighted by molar-refractivity contribution is 0.476. The number of hydrogen-bond donors (Lipinski definition) is 1. The van der Waals surface area contributed by atoms with Crippen LogP contribution in [0.4, 0.5) is 8.78 Å². The van der Waals surface area contributed by atoms with E-state index >= 15 is 0 Å². The number of halogens is 3. The quantitative estimate of drug-likeness (QED) is 0.836. The first-order chi connectivity index (χ1) is 7.58. The monoisotopic (exact) mass is 284 g/mol. The highest BCUT2D eigenvalue weighted by molar-refractivity contribution is 9.10. The van der Waals surface area contributed by atoms with Gasteiger partial charge in [0.25, 0.3) is 0 Å². The summed E-state index contributed by atoms with van der Waals surface area (Å²) in [6, 6.07) is 7.73. The molecule has 0 saturated heterocycles. The Kier molecular flexibility index (Phi) is 2.92. The molecular weight excluding hydrogens is 278 g/mol. The fraction of sp³-hybridized carbons (Fsp3) is 0. The van der Waals surface area contributed by atoms with Gasteiger partial charge in [-0.2, -0.15) is 0 Å². The molecule has 0 unspecified atom stereocenters. The number of phenols is 1. The van der Waals surface area contributed by atoms with Gasteiger partial charge in [-0.25, -0.2) is 8.78 Å². The van der Waals surface area contributed by atoms with Crippen molar-refractivity contribution in [3.8, 4) is 16.9 Å². The Balaban J connectivity index is 2.62. The zero-order valence-corrected chi connectivity index (χ0v) is 9.63. The van der Waals surface area contributed by atoms with Crippen molar-refractivity contribution in [3.63, 3.8) is 0 Å². The van der Waals surface area contributed by atoms with Gasteiger partial charge in [-0.15, -0.1) is 0 Å². The molecular formula is C12H7BrF2O. The average Bonchev–Trinajstić information content (AvgIpc) is 2.22. The van der Waals surface area contributed by atoms with E-state index in [1.54, 1.807) is 6.07 Å². The fourth-order valence-electron chi connectivity index (χ4n) is 1.44. The van der Waals surface area contributed by atoms with Crippen molar-refractivity contribution in [2.75, 3.05) is 0 Å². The zero-order chi connectivity index (χ0) is 11.7. The molecule has 0 amide bonds. The molecule has 0 heterocycles. The number of aromatic hydroxyl groups is 1. The van der Waals surface area contributed by atoms with Crippen LogP contribution in [0.1, 0.15) is 0 Å². The Morgan fingerprint density at radius 2 is 1.69 bits per heavy atom. The first-order valence-electron chi connectivity index (χ1n) is 4.52. The third-order valence-corrected chi connectivity index (χ3v) is 2.67. The molecule has 0 aliphatic rings. The van der Waals surface area contributed by atoms with Gasteiger partial charge in [0.15, 0.2) is 0 Å². The van der Waals surface area contributed by atoms with Gasteiger partial charge >= 0.3 is 0 Å². The third kappa shape index (κ3) is 2.07. The van der Waals surface area contributed by atoms with E-state index in [-0.39, 0.29) is 16.9 Å². The molecule has 0 aliphatic carbocycles. The summed E-state index contributed by atoms with van der Waals surface area (Å²) < 4.78 is 27.1. The first-order valence-corrected chi connectivity index (χ1v) is 5.31. The lowest BCUT2D eigenvalue weighted by atomic mass is 10.0. The van der Waals surface area contributed by atoms with Gasteiger partial charge < -0.3 is 5.11 Å². The summed E-state index contributed by atoms with van der Waals surface area (Å²) in [5.41, 5.74) is 0.310. The average molecular weight is 285 g/mol. The molecule has 0 atom stereocenters. The largest absolute Gasteiger partial charge is 0.507 e. The molecule has 0 fully saturated rings. The maximum absolute atomic E-state index is 13.4. The van der Waals surface area contributed by atoms with Crippen molar-refractivity contribution in [2.45, 2.75) is 0 Å². The van der Waals surface area contributed by atoms with Crippen molar-refractivity contribution in [1.29, 1.82) is 0 Å². The topological polar surface area (TPSA) is 20.2 Å². The second-order valence-corrected chi connectivity index (χ2v) is 4.20. The summed E-state index contributed by atoms with van der Waals surface area (Å²) in [6.07, 6.45) is 0. The molecule has 0 bridgehead atoms. The van der Waals surface area contributed by atoms with E-state index in [0.717, 1.165) is 18.2 Å². The minimum Gasteiger partial charge on any atom is -0.507 e. The van der Waals surface area contributed by atoms with Crippen molar-refractivity contribution in [1.82, 2.24) is 0 Å². The highest BCUT2D eigenvalue weighted by Gasteiger charge is 2.10. The number of hydrogen-bond acceptors (Lipinski definition) is 1. The SMILES string of the molecule is Oc1cc(Br)ccc1-c1cc(F)ccc1F. The minimum absolute atomic E-state index is 0.0463. The molecule has 0 radical (unpaired) electrons. The van der Waals surface area contributed by atoms with Crippen molar-refractivity contribution < 1.29 is 13.9 Å². The van der Waals surface area contributed by atoms with E-state index < -0.39 is 11.6 Å². The molecule has 0 aromatic heterocycles. The van der Waals surface area contributed by atoms with Crippen LogP contribution in [0.15, 0.2) is 40.9 Å². The standard InChI is InChI=1S/C12H7BrF2O/c13-7-1-3-9(12(16)5-7)10-6-8(14)2-4-11(10)15/h1-6,16H. The second-order valence-electron chi connectivity index (χ2n) is 3.29. The maximum Gasteiger partial charge on any atom is 0.131 e. The maximum atomic E-state index is 13.4. The van der Waals surface area contributed by atoms with Crippen LogP contribution in [0.3, 0.4) is 0 Å². The summed E-state index contributed by atoms with van der Waals surface area (Å²) in [6.45, 7) is 0. The van der Waals surface area contributed by atoms with Crippen molar-refractivity contribution in [3.05, 3.63) is 52.5 Å². The Bertz CT molecular complexity index is 541. The van der Waals surface area contributed by atoms with Gasteiger partial charge in [-0.05, 0) is 36.4 Å². The van der Waals surface area contributed by atoms with E-state index in [1.807, 2.05) is 0 Å². The summed E-state index contributed by atoms with van der Waals surface area (Å²) >= 11 is 3.17. The van der Waals surface area contributed by atoms with Crippen LogP contribution in [-0.2, 0) is 0 Å². The summed E-state index contributed by atoms with van der Waals surface area (Å²) in [4.78, 5) is 0. The molecule has 16 heavy (non-hydrogen) atoms. The number of rotatable bonds is 1. The van der Waals surface area contributed by atoms with Crippen LogP contribution >= 0.6 is 15.9 Å². The fourth-order valence-corrected chi connectivity index (χ4v) is 1.79. The lowest BCUT2D eigenvalue weighted by Gasteiger charge is -2.06. The van der Waals surface area contributed by atoms with Gasteiger partial charge in [0.1, 0.15) is 17.4 Å². The van der Waals surface area contributed by atoms with Crippen LogP contribution in [0.25, 0.3) is 11.1 Å². The van der Waals surface area contributed by atoms with Crippen LogP contribution in [0.5, 0.6) is 5.75 Å². The minimum atomic E-state index is -0.570. The summed E-state index contributed by atoms with van der Waals surface area (Å²) in [7, 11) is 0. The van der Waals surface area contributed by atoms with E-state index in [4.69, 9.17) is 0 Å². The molecule has 0 saturated carbocycles. The molecule has 2 aromatic carbocycles. The highest BCUT2D eigenvalue weighted by atomic mass is 79.9. The summed E-state index contributed by atoms with van der Waals surface area (Å²) in [5, 5.41) is 9.64. The molecule has 2 rings (SSSR count). The predicted molar refractivity (Wildman–Crippen MR) is 61.2 cm³/mol. The van der Waals surface area contributed by atoms with Gasteiger partial charge in [0.2, 0.25) is 0 Å². The van der Waals surface area contributed by atoms with Crippen LogP contribution < -0.4 is 0 Å². The number of phenolic OH excluding ortho intramolecular Hbond substituents is 1. The predicted octanol–water partition coefficient (Wildman–Crippen LogP) is 4.10. The van der Waals surface area contributed by atoms with E-state index in [9.17, 15) is 13.9 Å². The van der Waals surface area contributed by atoms with Gasteiger partial charge in [0.05, 0.1) is 0 Å². The molecule has 0 aliphatic heterocycles. The van der Waals surface area contributed by atoms with Gasteiger partial charge in [-0.3, -0.25) is 0 Å². The Hall–Kier alpha value is -1.42. The van der Waals surface area contributed by atoms with Gasteiger partial charge in [-0.1, -0.05) is 15.9 Å². The molecule has 1 nitrogen and oxygen atoms in total. The molecule has 4 heteroatoms. The Morgan fingerprint density at radius 3 is 2.38 bits per heavy atom. The highest BCUT2D eigenvalue weighted by Crippen LogP contribution is 2.33. The second kappa shape index (κ2) is 4.22. The molecule has 82 valence electrons. The van der Waals surface area contributed by atoms with E-state index in [1.165, 1.54) is 12.1 Å². The Labute approximate surface area is 99.5 Å². The van der Waals surface area contributed by atoms with Crippen LogP contribution in [-0.4, -0.2) is 5.11 Å². The Morgan fingerprint density at radius 1 is 0.938 bits per heavy atom. The van der Waals surface area contributed by atoms with Crippen LogP contribution in [0.2, 0.25) is 0 Å². The first kappa shape index (κ1) is 11.1. The normalized spacial score (nSPS) is 10.4.